The summed E-state index contributed by atoms with van der Waals surface area (Å²) in [5.74, 6) is 0.532. The van der Waals surface area contributed by atoms with Crippen LogP contribution in [0, 0.1) is 13.8 Å². The lowest BCUT2D eigenvalue weighted by Gasteiger charge is -2.06. The summed E-state index contributed by atoms with van der Waals surface area (Å²) in [7, 11) is 1.86. The molecular weight excluding hydrogens is 236 g/mol. The van der Waals surface area contributed by atoms with Crippen molar-refractivity contribution in [2.24, 2.45) is 7.05 Å². The molecule has 0 aliphatic heterocycles. The lowest BCUT2D eigenvalue weighted by molar-refractivity contribution is 0.103. The van der Waals surface area contributed by atoms with Crippen molar-refractivity contribution in [3.05, 3.63) is 52.3 Å². The summed E-state index contributed by atoms with van der Waals surface area (Å²) in [6.07, 6.45) is 0. The first-order valence-corrected chi connectivity index (χ1v) is 6.56. The molecule has 3 nitrogen and oxygen atoms in total. The highest BCUT2D eigenvalue weighted by Crippen LogP contribution is 2.20. The second kappa shape index (κ2) is 5.00. The fourth-order valence-corrected chi connectivity index (χ4v) is 2.27. The molecule has 0 atom stereocenters. The fourth-order valence-electron chi connectivity index (χ4n) is 2.27. The lowest BCUT2D eigenvalue weighted by Crippen LogP contribution is -2.05. The van der Waals surface area contributed by atoms with Gasteiger partial charge < -0.3 is 0 Å². The smallest absolute Gasteiger partial charge is 0.196 e. The van der Waals surface area contributed by atoms with Gasteiger partial charge in [-0.05, 0) is 25.3 Å². The van der Waals surface area contributed by atoms with Crippen LogP contribution in [0.1, 0.15) is 52.6 Å². The first-order chi connectivity index (χ1) is 8.91. The first kappa shape index (κ1) is 13.5. The third kappa shape index (κ3) is 2.46. The Balaban J connectivity index is 2.39. The van der Waals surface area contributed by atoms with E-state index in [1.807, 2.05) is 45.2 Å². The predicted octanol–water partition coefficient (Wildman–Crippen LogP) is 3.39. The van der Waals surface area contributed by atoms with Crippen LogP contribution in [0.5, 0.6) is 0 Å². The molecule has 100 valence electrons. The zero-order valence-electron chi connectivity index (χ0n) is 12.2. The van der Waals surface area contributed by atoms with Gasteiger partial charge in [0, 0.05) is 18.3 Å². The summed E-state index contributed by atoms with van der Waals surface area (Å²) in [4.78, 5) is 12.5. The fraction of sp³-hybridized carbons (Fsp3) is 0.375. The van der Waals surface area contributed by atoms with Crippen LogP contribution in [0.3, 0.4) is 0 Å². The minimum atomic E-state index is 0.0541. The molecule has 1 heterocycles. The van der Waals surface area contributed by atoms with E-state index in [-0.39, 0.29) is 5.78 Å². The van der Waals surface area contributed by atoms with E-state index < -0.39 is 0 Å². The molecule has 0 spiro atoms. The molecule has 0 fully saturated rings. The van der Waals surface area contributed by atoms with E-state index in [1.54, 1.807) is 4.68 Å². The monoisotopic (exact) mass is 256 g/mol. The second-order valence-corrected chi connectivity index (χ2v) is 5.28. The van der Waals surface area contributed by atoms with Gasteiger partial charge in [-0.1, -0.05) is 38.1 Å². The van der Waals surface area contributed by atoms with Crippen molar-refractivity contribution >= 4 is 5.78 Å². The van der Waals surface area contributed by atoms with Crippen molar-refractivity contribution in [1.82, 2.24) is 9.78 Å². The summed E-state index contributed by atoms with van der Waals surface area (Å²) < 4.78 is 1.76. The normalized spacial score (nSPS) is 11.1. The summed E-state index contributed by atoms with van der Waals surface area (Å²) in [5.41, 5.74) is 4.40. The molecule has 0 aliphatic carbocycles. The Hall–Kier alpha value is -1.90. The largest absolute Gasteiger partial charge is 0.288 e. The summed E-state index contributed by atoms with van der Waals surface area (Å²) in [6, 6.07) is 7.87. The van der Waals surface area contributed by atoms with Crippen molar-refractivity contribution in [2.75, 3.05) is 0 Å². The van der Waals surface area contributed by atoms with Crippen LogP contribution in [0.4, 0.5) is 0 Å². The minimum absolute atomic E-state index is 0.0541. The van der Waals surface area contributed by atoms with Crippen LogP contribution in [-0.4, -0.2) is 15.6 Å². The molecule has 0 saturated carbocycles. The summed E-state index contributed by atoms with van der Waals surface area (Å²) in [5, 5.41) is 4.30. The van der Waals surface area contributed by atoms with Crippen molar-refractivity contribution in [2.45, 2.75) is 33.6 Å². The Bertz CT molecular complexity index is 606. The molecule has 0 bridgehead atoms. The van der Waals surface area contributed by atoms with Crippen LogP contribution < -0.4 is 0 Å². The zero-order chi connectivity index (χ0) is 14.2. The number of hydrogen-bond donors (Lipinski definition) is 0. The number of aromatic nitrogens is 2. The number of aryl methyl sites for hydroxylation is 2. The van der Waals surface area contributed by atoms with Gasteiger partial charge in [0.2, 0.25) is 0 Å². The Morgan fingerprint density at radius 3 is 2.16 bits per heavy atom. The summed E-state index contributed by atoms with van der Waals surface area (Å²) >= 11 is 0. The topological polar surface area (TPSA) is 34.9 Å². The number of nitrogens with zero attached hydrogens (tertiary/aromatic N) is 2. The molecule has 3 heteroatoms. The third-order valence-electron chi connectivity index (χ3n) is 3.58. The average molecular weight is 256 g/mol. The summed E-state index contributed by atoms with van der Waals surface area (Å²) in [6.45, 7) is 8.09. The number of carbonyl (C=O) groups is 1. The first-order valence-electron chi connectivity index (χ1n) is 6.56. The maximum Gasteiger partial charge on any atom is 0.196 e. The van der Waals surface area contributed by atoms with Gasteiger partial charge in [-0.2, -0.15) is 5.10 Å². The molecule has 0 unspecified atom stereocenters. The van der Waals surface area contributed by atoms with Crippen molar-refractivity contribution < 1.29 is 4.79 Å². The van der Waals surface area contributed by atoms with E-state index in [1.165, 1.54) is 5.56 Å². The molecule has 0 aliphatic rings. The van der Waals surface area contributed by atoms with E-state index in [0.717, 1.165) is 22.5 Å². The van der Waals surface area contributed by atoms with Crippen LogP contribution in [0.25, 0.3) is 0 Å². The number of rotatable bonds is 3. The Morgan fingerprint density at radius 2 is 1.74 bits per heavy atom. The predicted molar refractivity (Wildman–Crippen MR) is 76.6 cm³/mol. The Kier molecular flexibility index (Phi) is 3.56. The highest BCUT2D eigenvalue weighted by Gasteiger charge is 2.18. The molecule has 0 N–H and O–H groups in total. The third-order valence-corrected chi connectivity index (χ3v) is 3.58. The van der Waals surface area contributed by atoms with Crippen molar-refractivity contribution in [3.63, 3.8) is 0 Å². The number of carbonyl (C=O) groups excluding carboxylic acids is 1. The van der Waals surface area contributed by atoms with Gasteiger partial charge in [-0.3, -0.25) is 9.48 Å². The number of hydrogen-bond acceptors (Lipinski definition) is 2. The zero-order valence-corrected chi connectivity index (χ0v) is 12.2. The Morgan fingerprint density at radius 1 is 1.16 bits per heavy atom. The van der Waals surface area contributed by atoms with Crippen LogP contribution >= 0.6 is 0 Å². The van der Waals surface area contributed by atoms with E-state index in [4.69, 9.17) is 0 Å². The molecule has 2 rings (SSSR count). The van der Waals surface area contributed by atoms with E-state index in [0.29, 0.717) is 5.92 Å². The average Bonchev–Trinajstić information content (AvgIpc) is 2.62. The lowest BCUT2D eigenvalue weighted by atomic mass is 9.97. The molecule has 2 aromatic rings. The van der Waals surface area contributed by atoms with Gasteiger partial charge >= 0.3 is 0 Å². The highest BCUT2D eigenvalue weighted by atomic mass is 16.1. The van der Waals surface area contributed by atoms with Crippen LogP contribution in [0.2, 0.25) is 0 Å². The maximum atomic E-state index is 12.5. The van der Waals surface area contributed by atoms with E-state index in [2.05, 4.69) is 18.9 Å². The molecule has 0 saturated heterocycles. The number of benzene rings is 1. The molecule has 1 aromatic carbocycles. The SMILES string of the molecule is Cc1nn(C)c(C)c1C(=O)c1ccc(C(C)C)cc1. The van der Waals surface area contributed by atoms with Gasteiger partial charge in [0.15, 0.2) is 5.78 Å². The van der Waals surface area contributed by atoms with Gasteiger partial charge in [-0.15, -0.1) is 0 Å². The van der Waals surface area contributed by atoms with Gasteiger partial charge in [0.05, 0.1) is 11.3 Å². The molecule has 19 heavy (non-hydrogen) atoms. The van der Waals surface area contributed by atoms with Crippen molar-refractivity contribution in [3.8, 4) is 0 Å². The molecule has 0 amide bonds. The van der Waals surface area contributed by atoms with Crippen LogP contribution in [0.15, 0.2) is 24.3 Å². The van der Waals surface area contributed by atoms with E-state index >= 15 is 0 Å². The van der Waals surface area contributed by atoms with Crippen molar-refractivity contribution in [1.29, 1.82) is 0 Å². The Labute approximate surface area is 114 Å². The molecular formula is C16H20N2O. The van der Waals surface area contributed by atoms with Crippen LogP contribution in [-0.2, 0) is 7.05 Å². The molecule has 0 radical (unpaired) electrons. The number of ketones is 1. The quantitative estimate of drug-likeness (QED) is 0.789. The van der Waals surface area contributed by atoms with Gasteiger partial charge in [-0.25, -0.2) is 0 Å². The highest BCUT2D eigenvalue weighted by molar-refractivity contribution is 6.10. The molecule has 1 aromatic heterocycles. The van der Waals surface area contributed by atoms with Gasteiger partial charge in [0.25, 0.3) is 0 Å². The van der Waals surface area contributed by atoms with E-state index in [9.17, 15) is 4.79 Å². The van der Waals surface area contributed by atoms with Gasteiger partial charge in [0.1, 0.15) is 0 Å². The minimum Gasteiger partial charge on any atom is -0.288 e. The second-order valence-electron chi connectivity index (χ2n) is 5.28. The standard InChI is InChI=1S/C16H20N2O/c1-10(2)13-6-8-14(9-7-13)16(19)15-11(3)17-18(5)12(15)4/h6-10H,1-5H3. The maximum absolute atomic E-state index is 12.5.